The Kier molecular flexibility index (Phi) is 6.27. The van der Waals surface area contributed by atoms with Gasteiger partial charge in [0.15, 0.2) is 5.96 Å². The van der Waals surface area contributed by atoms with Crippen LogP contribution < -0.4 is 10.6 Å². The van der Waals surface area contributed by atoms with E-state index >= 15 is 0 Å². The molecule has 0 aliphatic carbocycles. The SMILES string of the molecule is CCNC(=NCC(=O)N(C)C)NCc1cnc(C)s1. The van der Waals surface area contributed by atoms with Crippen molar-refractivity contribution in [2.24, 2.45) is 4.99 Å². The molecule has 7 heteroatoms. The summed E-state index contributed by atoms with van der Waals surface area (Å²) in [5.74, 6) is 0.620. The van der Waals surface area contributed by atoms with Crippen molar-refractivity contribution in [3.63, 3.8) is 0 Å². The molecule has 0 aromatic carbocycles. The van der Waals surface area contributed by atoms with Gasteiger partial charge in [-0.2, -0.15) is 0 Å². The average Bonchev–Trinajstić information content (AvgIpc) is 2.78. The molecule has 1 amide bonds. The highest BCUT2D eigenvalue weighted by Gasteiger charge is 2.04. The monoisotopic (exact) mass is 283 g/mol. The van der Waals surface area contributed by atoms with Gasteiger partial charge < -0.3 is 15.5 Å². The fourth-order valence-electron chi connectivity index (χ4n) is 1.29. The zero-order chi connectivity index (χ0) is 14.3. The molecule has 0 atom stereocenters. The third kappa shape index (κ3) is 5.69. The second kappa shape index (κ2) is 7.73. The number of hydrogen-bond acceptors (Lipinski definition) is 4. The van der Waals surface area contributed by atoms with Gasteiger partial charge in [-0.1, -0.05) is 0 Å². The molecule has 0 unspecified atom stereocenters. The molecule has 0 spiro atoms. The summed E-state index contributed by atoms with van der Waals surface area (Å²) in [6.07, 6.45) is 1.85. The number of thiazole rings is 1. The zero-order valence-electron chi connectivity index (χ0n) is 11.9. The average molecular weight is 283 g/mol. The van der Waals surface area contributed by atoms with Crippen LogP contribution in [0.5, 0.6) is 0 Å². The molecule has 106 valence electrons. The predicted octanol–water partition coefficient (Wildman–Crippen LogP) is 0.595. The summed E-state index contributed by atoms with van der Waals surface area (Å²) >= 11 is 1.65. The molecule has 1 heterocycles. The summed E-state index contributed by atoms with van der Waals surface area (Å²) in [4.78, 5) is 22.6. The number of nitrogens with one attached hydrogen (secondary N) is 2. The Balaban J connectivity index is 2.52. The van der Waals surface area contributed by atoms with Crippen LogP contribution in [0, 0.1) is 6.92 Å². The van der Waals surface area contributed by atoms with Crippen LogP contribution in [0.1, 0.15) is 16.8 Å². The van der Waals surface area contributed by atoms with Crippen LogP contribution in [0.15, 0.2) is 11.2 Å². The highest BCUT2D eigenvalue weighted by Crippen LogP contribution is 2.10. The molecule has 1 aromatic rings. The summed E-state index contributed by atoms with van der Waals surface area (Å²) in [5.41, 5.74) is 0. The molecule has 6 nitrogen and oxygen atoms in total. The number of aryl methyl sites for hydroxylation is 1. The van der Waals surface area contributed by atoms with Gasteiger partial charge in [0.2, 0.25) is 5.91 Å². The molecule has 2 N–H and O–H groups in total. The van der Waals surface area contributed by atoms with Gasteiger partial charge in [0, 0.05) is 31.7 Å². The van der Waals surface area contributed by atoms with E-state index in [-0.39, 0.29) is 12.5 Å². The van der Waals surface area contributed by atoms with E-state index in [1.807, 2.05) is 20.0 Å². The minimum atomic E-state index is -0.0224. The third-order valence-electron chi connectivity index (χ3n) is 2.31. The van der Waals surface area contributed by atoms with Crippen molar-refractivity contribution >= 4 is 23.2 Å². The lowest BCUT2D eigenvalue weighted by molar-refractivity contribution is -0.127. The number of nitrogens with zero attached hydrogens (tertiary/aromatic N) is 3. The van der Waals surface area contributed by atoms with Gasteiger partial charge in [-0.05, 0) is 13.8 Å². The van der Waals surface area contributed by atoms with Gasteiger partial charge in [-0.25, -0.2) is 9.98 Å². The Labute approximate surface area is 117 Å². The molecule has 0 fully saturated rings. The lowest BCUT2D eigenvalue weighted by Gasteiger charge is -2.12. The Hall–Kier alpha value is -1.63. The number of likely N-dealkylation sites (N-methyl/N-ethyl adjacent to an activating group) is 1. The van der Waals surface area contributed by atoms with Gasteiger partial charge in [0.1, 0.15) is 6.54 Å². The minimum absolute atomic E-state index is 0.0224. The van der Waals surface area contributed by atoms with Crippen molar-refractivity contribution in [2.75, 3.05) is 27.2 Å². The first-order chi connectivity index (χ1) is 9.02. The van der Waals surface area contributed by atoms with Crippen LogP contribution in [-0.2, 0) is 11.3 Å². The van der Waals surface area contributed by atoms with Crippen LogP contribution in [0.4, 0.5) is 0 Å². The van der Waals surface area contributed by atoms with Crippen LogP contribution in [0.2, 0.25) is 0 Å². The second-order valence-electron chi connectivity index (χ2n) is 4.18. The number of rotatable bonds is 5. The van der Waals surface area contributed by atoms with E-state index in [1.54, 1.807) is 25.4 Å². The van der Waals surface area contributed by atoms with Crippen molar-refractivity contribution < 1.29 is 4.79 Å². The fraction of sp³-hybridized carbons (Fsp3) is 0.583. The number of carbonyl (C=O) groups is 1. The summed E-state index contributed by atoms with van der Waals surface area (Å²) in [6, 6.07) is 0. The first kappa shape index (κ1) is 15.4. The van der Waals surface area contributed by atoms with Crippen LogP contribution in [0.25, 0.3) is 0 Å². The van der Waals surface area contributed by atoms with Crippen LogP contribution in [0.3, 0.4) is 0 Å². The number of aliphatic imine (C=N–C) groups is 1. The highest BCUT2D eigenvalue weighted by molar-refractivity contribution is 7.11. The van der Waals surface area contributed by atoms with Crippen molar-refractivity contribution in [1.29, 1.82) is 0 Å². The number of aromatic nitrogens is 1. The lowest BCUT2D eigenvalue weighted by Crippen LogP contribution is -2.37. The van der Waals surface area contributed by atoms with E-state index in [9.17, 15) is 4.79 Å². The summed E-state index contributed by atoms with van der Waals surface area (Å²) in [7, 11) is 3.44. The second-order valence-corrected chi connectivity index (χ2v) is 5.50. The van der Waals surface area contributed by atoms with Crippen molar-refractivity contribution in [2.45, 2.75) is 20.4 Å². The fourth-order valence-corrected chi connectivity index (χ4v) is 2.02. The van der Waals surface area contributed by atoms with E-state index in [0.29, 0.717) is 12.5 Å². The number of hydrogen-bond donors (Lipinski definition) is 2. The molecular formula is C12H21N5OS. The maximum Gasteiger partial charge on any atom is 0.243 e. The van der Waals surface area contributed by atoms with Crippen molar-refractivity contribution in [1.82, 2.24) is 20.5 Å². The first-order valence-corrected chi connectivity index (χ1v) is 6.98. The van der Waals surface area contributed by atoms with E-state index in [4.69, 9.17) is 0 Å². The van der Waals surface area contributed by atoms with Gasteiger partial charge >= 0.3 is 0 Å². The molecule has 0 saturated carbocycles. The molecule has 0 aliphatic rings. The number of guanidine groups is 1. The quantitative estimate of drug-likeness (QED) is 0.613. The van der Waals surface area contributed by atoms with E-state index in [1.165, 1.54) is 4.90 Å². The Morgan fingerprint density at radius 2 is 2.21 bits per heavy atom. The normalized spacial score (nSPS) is 11.3. The largest absolute Gasteiger partial charge is 0.357 e. The molecule has 1 rings (SSSR count). The zero-order valence-corrected chi connectivity index (χ0v) is 12.7. The summed E-state index contributed by atoms with van der Waals surface area (Å²) in [6.45, 7) is 5.52. The minimum Gasteiger partial charge on any atom is -0.357 e. The standard InChI is InChI=1S/C12H21N5OS/c1-5-13-12(16-8-11(18)17(3)4)15-7-10-6-14-9(2)19-10/h6H,5,7-8H2,1-4H3,(H2,13,15,16). The van der Waals surface area contributed by atoms with E-state index < -0.39 is 0 Å². The summed E-state index contributed by atoms with van der Waals surface area (Å²) < 4.78 is 0. The molecule has 0 bridgehead atoms. The number of carbonyl (C=O) groups excluding carboxylic acids is 1. The molecule has 0 aliphatic heterocycles. The Morgan fingerprint density at radius 3 is 2.74 bits per heavy atom. The molecule has 0 radical (unpaired) electrons. The molecule has 0 saturated heterocycles. The maximum absolute atomic E-state index is 11.5. The summed E-state index contributed by atoms with van der Waals surface area (Å²) in [5, 5.41) is 7.33. The Bertz CT molecular complexity index is 441. The van der Waals surface area contributed by atoms with Crippen LogP contribution >= 0.6 is 11.3 Å². The third-order valence-corrected chi connectivity index (χ3v) is 3.23. The Morgan fingerprint density at radius 1 is 1.47 bits per heavy atom. The highest BCUT2D eigenvalue weighted by atomic mass is 32.1. The van der Waals surface area contributed by atoms with E-state index in [0.717, 1.165) is 16.4 Å². The van der Waals surface area contributed by atoms with Gasteiger partial charge in [-0.3, -0.25) is 4.79 Å². The van der Waals surface area contributed by atoms with Crippen molar-refractivity contribution in [3.05, 3.63) is 16.1 Å². The number of amides is 1. The first-order valence-electron chi connectivity index (χ1n) is 6.16. The molecular weight excluding hydrogens is 262 g/mol. The van der Waals surface area contributed by atoms with Crippen molar-refractivity contribution in [3.8, 4) is 0 Å². The van der Waals surface area contributed by atoms with Crippen LogP contribution in [-0.4, -0.2) is 48.9 Å². The van der Waals surface area contributed by atoms with E-state index in [2.05, 4.69) is 20.6 Å². The topological polar surface area (TPSA) is 69.6 Å². The molecule has 1 aromatic heterocycles. The lowest BCUT2D eigenvalue weighted by atomic mass is 10.5. The smallest absolute Gasteiger partial charge is 0.243 e. The predicted molar refractivity (Wildman–Crippen MR) is 78.4 cm³/mol. The van der Waals surface area contributed by atoms with Gasteiger partial charge in [0.05, 0.1) is 11.6 Å². The molecule has 19 heavy (non-hydrogen) atoms. The van der Waals surface area contributed by atoms with Gasteiger partial charge in [0.25, 0.3) is 0 Å². The van der Waals surface area contributed by atoms with Gasteiger partial charge in [-0.15, -0.1) is 11.3 Å². The maximum atomic E-state index is 11.5.